The van der Waals surface area contributed by atoms with Crippen molar-refractivity contribution in [3.8, 4) is 5.75 Å². The number of benzene rings is 3. The lowest BCUT2D eigenvalue weighted by Gasteiger charge is -2.15. The van der Waals surface area contributed by atoms with E-state index in [-0.39, 0.29) is 5.78 Å². The summed E-state index contributed by atoms with van der Waals surface area (Å²) in [4.78, 5) is 12.4. The number of hydrogen-bond donors (Lipinski definition) is 0. The smallest absolute Gasteiger partial charge is 0.202 e. The van der Waals surface area contributed by atoms with Crippen molar-refractivity contribution in [2.45, 2.75) is 13.0 Å². The maximum atomic E-state index is 12.4. The quantitative estimate of drug-likeness (QED) is 0.656. The fourth-order valence-corrected chi connectivity index (χ4v) is 2.38. The minimum Gasteiger partial charge on any atom is -0.482 e. The maximum absolute atomic E-state index is 12.4. The zero-order chi connectivity index (χ0) is 14.7. The van der Waals surface area contributed by atoms with Crippen LogP contribution < -0.4 is 4.74 Å². The van der Waals surface area contributed by atoms with E-state index in [1.807, 2.05) is 72.8 Å². The van der Waals surface area contributed by atoms with Crippen molar-refractivity contribution in [1.29, 1.82) is 0 Å². The number of Topliss-reactive ketones (excluding diaryl/α,β-unsaturated/α-hetero) is 1. The molecule has 1 atom stereocenters. The summed E-state index contributed by atoms with van der Waals surface area (Å²) in [5, 5.41) is 2.13. The number of fused-ring (bicyclic) bond motifs is 1. The van der Waals surface area contributed by atoms with Crippen molar-refractivity contribution < 1.29 is 9.53 Å². The average molecular weight is 276 g/mol. The van der Waals surface area contributed by atoms with Crippen molar-refractivity contribution in [3.63, 3.8) is 0 Å². The molecule has 0 N–H and O–H groups in total. The Morgan fingerprint density at radius 1 is 0.857 bits per heavy atom. The first-order chi connectivity index (χ1) is 10.3. The molecule has 0 saturated heterocycles. The molecule has 0 fully saturated rings. The van der Waals surface area contributed by atoms with Crippen LogP contribution in [0, 0.1) is 0 Å². The van der Waals surface area contributed by atoms with Gasteiger partial charge in [-0.3, -0.25) is 4.79 Å². The van der Waals surface area contributed by atoms with E-state index in [1.165, 1.54) is 0 Å². The van der Waals surface area contributed by atoms with Crippen LogP contribution in [0.1, 0.15) is 17.3 Å². The molecular weight excluding hydrogens is 260 g/mol. The molecule has 104 valence electrons. The van der Waals surface area contributed by atoms with Crippen LogP contribution in [0.25, 0.3) is 10.8 Å². The Morgan fingerprint density at radius 2 is 1.52 bits per heavy atom. The van der Waals surface area contributed by atoms with Gasteiger partial charge in [-0.15, -0.1) is 0 Å². The monoisotopic (exact) mass is 276 g/mol. The molecular formula is C19H16O2. The van der Waals surface area contributed by atoms with Gasteiger partial charge in [-0.25, -0.2) is 0 Å². The van der Waals surface area contributed by atoms with E-state index in [0.29, 0.717) is 5.56 Å². The van der Waals surface area contributed by atoms with E-state index < -0.39 is 6.10 Å². The lowest BCUT2D eigenvalue weighted by Crippen LogP contribution is -2.23. The molecule has 0 spiro atoms. The van der Waals surface area contributed by atoms with Crippen molar-refractivity contribution >= 4 is 16.6 Å². The molecule has 0 aliphatic heterocycles. The third-order valence-electron chi connectivity index (χ3n) is 3.48. The van der Waals surface area contributed by atoms with E-state index in [4.69, 9.17) is 4.74 Å². The van der Waals surface area contributed by atoms with Gasteiger partial charge in [0.2, 0.25) is 5.78 Å². The highest BCUT2D eigenvalue weighted by Gasteiger charge is 2.17. The second-order valence-corrected chi connectivity index (χ2v) is 4.97. The Kier molecular flexibility index (Phi) is 3.69. The molecule has 0 aliphatic rings. The molecule has 1 unspecified atom stereocenters. The first-order valence-corrected chi connectivity index (χ1v) is 6.99. The van der Waals surface area contributed by atoms with Crippen LogP contribution in [0.5, 0.6) is 5.75 Å². The topological polar surface area (TPSA) is 26.3 Å². The molecule has 3 rings (SSSR count). The summed E-state index contributed by atoms with van der Waals surface area (Å²) in [6.45, 7) is 1.79. The SMILES string of the molecule is CC(Oc1cccc2ccccc12)C(=O)c1ccccc1. The van der Waals surface area contributed by atoms with Gasteiger partial charge >= 0.3 is 0 Å². The average Bonchev–Trinajstić information content (AvgIpc) is 2.55. The predicted octanol–water partition coefficient (Wildman–Crippen LogP) is 4.49. The van der Waals surface area contributed by atoms with Crippen LogP contribution in [0.15, 0.2) is 72.8 Å². The van der Waals surface area contributed by atoms with Gasteiger partial charge in [-0.2, -0.15) is 0 Å². The number of ketones is 1. The number of ether oxygens (including phenoxy) is 1. The Labute approximate surface area is 124 Å². The summed E-state index contributed by atoms with van der Waals surface area (Å²) in [7, 11) is 0. The van der Waals surface area contributed by atoms with Crippen LogP contribution in [0.4, 0.5) is 0 Å². The molecule has 3 aromatic rings. The van der Waals surface area contributed by atoms with Crippen LogP contribution >= 0.6 is 0 Å². The van der Waals surface area contributed by atoms with E-state index in [1.54, 1.807) is 6.92 Å². The Balaban J connectivity index is 1.87. The summed E-state index contributed by atoms with van der Waals surface area (Å²) in [5.74, 6) is 0.730. The molecule has 0 aliphatic carbocycles. The summed E-state index contributed by atoms with van der Waals surface area (Å²) in [6, 6.07) is 23.1. The molecule has 3 aromatic carbocycles. The van der Waals surface area contributed by atoms with Crippen molar-refractivity contribution in [3.05, 3.63) is 78.4 Å². The summed E-state index contributed by atoms with van der Waals surface area (Å²) in [5.41, 5.74) is 0.672. The normalized spacial score (nSPS) is 12.0. The predicted molar refractivity (Wildman–Crippen MR) is 84.8 cm³/mol. The van der Waals surface area contributed by atoms with Gasteiger partial charge < -0.3 is 4.74 Å². The number of hydrogen-bond acceptors (Lipinski definition) is 2. The second kappa shape index (κ2) is 5.80. The fourth-order valence-electron chi connectivity index (χ4n) is 2.38. The molecule has 2 nitrogen and oxygen atoms in total. The fraction of sp³-hybridized carbons (Fsp3) is 0.105. The van der Waals surface area contributed by atoms with Gasteiger partial charge in [0, 0.05) is 10.9 Å². The molecule has 0 bridgehead atoms. The van der Waals surface area contributed by atoms with Gasteiger partial charge in [-0.1, -0.05) is 66.7 Å². The van der Waals surface area contributed by atoms with Crippen molar-refractivity contribution in [2.75, 3.05) is 0 Å². The highest BCUT2D eigenvalue weighted by Crippen LogP contribution is 2.26. The molecule has 0 amide bonds. The largest absolute Gasteiger partial charge is 0.482 e. The van der Waals surface area contributed by atoms with Gasteiger partial charge in [0.05, 0.1) is 0 Å². The van der Waals surface area contributed by atoms with Crippen molar-refractivity contribution in [2.24, 2.45) is 0 Å². The van der Waals surface area contributed by atoms with Crippen LogP contribution in [0.2, 0.25) is 0 Å². The van der Waals surface area contributed by atoms with Crippen LogP contribution in [0.3, 0.4) is 0 Å². The maximum Gasteiger partial charge on any atom is 0.202 e. The van der Waals surface area contributed by atoms with Gasteiger partial charge in [-0.05, 0) is 18.4 Å². The third-order valence-corrected chi connectivity index (χ3v) is 3.48. The van der Waals surface area contributed by atoms with E-state index in [9.17, 15) is 4.79 Å². The first kappa shape index (κ1) is 13.4. The zero-order valence-electron chi connectivity index (χ0n) is 11.8. The van der Waals surface area contributed by atoms with E-state index in [0.717, 1.165) is 16.5 Å². The minimum atomic E-state index is -0.516. The number of carbonyl (C=O) groups excluding carboxylic acids is 1. The lowest BCUT2D eigenvalue weighted by molar-refractivity contribution is 0.0820. The first-order valence-electron chi connectivity index (χ1n) is 6.99. The molecule has 21 heavy (non-hydrogen) atoms. The summed E-state index contributed by atoms with van der Waals surface area (Å²) < 4.78 is 5.89. The standard InChI is InChI=1S/C19H16O2/c1-14(19(20)16-9-3-2-4-10-16)21-18-13-7-11-15-8-5-6-12-17(15)18/h2-14H,1H3. The lowest BCUT2D eigenvalue weighted by atomic mass is 10.1. The van der Waals surface area contributed by atoms with Crippen LogP contribution in [-0.4, -0.2) is 11.9 Å². The molecule has 0 saturated carbocycles. The van der Waals surface area contributed by atoms with Gasteiger partial charge in [0.1, 0.15) is 5.75 Å². The van der Waals surface area contributed by atoms with E-state index in [2.05, 4.69) is 0 Å². The Morgan fingerprint density at radius 3 is 2.33 bits per heavy atom. The van der Waals surface area contributed by atoms with Gasteiger partial charge in [0.25, 0.3) is 0 Å². The highest BCUT2D eigenvalue weighted by atomic mass is 16.5. The molecule has 0 radical (unpaired) electrons. The second-order valence-electron chi connectivity index (χ2n) is 4.97. The van der Waals surface area contributed by atoms with Gasteiger partial charge in [0.15, 0.2) is 6.10 Å². The summed E-state index contributed by atoms with van der Waals surface area (Å²) in [6.07, 6.45) is -0.516. The highest BCUT2D eigenvalue weighted by molar-refractivity contribution is 5.99. The third kappa shape index (κ3) is 2.79. The summed E-state index contributed by atoms with van der Waals surface area (Å²) >= 11 is 0. The number of rotatable bonds is 4. The Bertz CT molecular complexity index is 757. The Hall–Kier alpha value is -2.61. The molecule has 0 aromatic heterocycles. The van der Waals surface area contributed by atoms with E-state index >= 15 is 0 Å². The number of carbonyl (C=O) groups is 1. The minimum absolute atomic E-state index is 0.0106. The molecule has 2 heteroatoms. The van der Waals surface area contributed by atoms with Crippen LogP contribution in [-0.2, 0) is 0 Å². The molecule has 0 heterocycles. The van der Waals surface area contributed by atoms with Crippen molar-refractivity contribution in [1.82, 2.24) is 0 Å². The zero-order valence-corrected chi connectivity index (χ0v) is 11.8.